The number of aliphatic carboxylic acids is 1. The third kappa shape index (κ3) is 6.46. The maximum atomic E-state index is 11.9. The lowest BCUT2D eigenvalue weighted by atomic mass is 10.1. The number of carboxylic acid groups (broad SMARTS) is 1. The molecule has 0 fully saturated rings. The van der Waals surface area contributed by atoms with E-state index in [-0.39, 0.29) is 5.69 Å². The molecular weight excluding hydrogens is 289 g/mol. The minimum absolute atomic E-state index is 0.255. The first kappa shape index (κ1) is 16.5. The third-order valence-electron chi connectivity index (χ3n) is 2.39. The molecule has 1 rings (SSSR count). The molecule has 5 nitrogen and oxygen atoms in total. The van der Waals surface area contributed by atoms with Crippen LogP contribution in [0.2, 0.25) is 0 Å². The van der Waals surface area contributed by atoms with Crippen molar-refractivity contribution in [2.75, 3.05) is 11.9 Å². The molecule has 0 radical (unpaired) electrons. The number of nitrogens with one attached hydrogen (secondary N) is 2. The normalized spacial score (nSPS) is 11.4. The fourth-order valence-corrected chi connectivity index (χ4v) is 1.41. The van der Waals surface area contributed by atoms with Crippen molar-refractivity contribution in [1.82, 2.24) is 5.32 Å². The van der Waals surface area contributed by atoms with E-state index in [1.165, 1.54) is 18.2 Å². The summed E-state index contributed by atoms with van der Waals surface area (Å²) in [7, 11) is 0. The van der Waals surface area contributed by atoms with E-state index in [4.69, 9.17) is 5.11 Å². The maximum absolute atomic E-state index is 11.9. The molecule has 0 aliphatic heterocycles. The van der Waals surface area contributed by atoms with Crippen LogP contribution < -0.4 is 10.6 Å². The van der Waals surface area contributed by atoms with Crippen LogP contribution in [0, 0.1) is 6.92 Å². The van der Waals surface area contributed by atoms with Crippen LogP contribution in [-0.2, 0) is 4.79 Å². The van der Waals surface area contributed by atoms with Gasteiger partial charge in [0.25, 0.3) is 0 Å². The predicted octanol–water partition coefficient (Wildman–Crippen LogP) is 2.78. The molecule has 0 aromatic heterocycles. The highest BCUT2D eigenvalue weighted by Crippen LogP contribution is 2.17. The fourth-order valence-electron chi connectivity index (χ4n) is 1.41. The Hall–Kier alpha value is -2.51. The molecule has 21 heavy (non-hydrogen) atoms. The maximum Gasteiger partial charge on any atom is 0.405 e. The third-order valence-corrected chi connectivity index (χ3v) is 2.39. The molecule has 8 heteroatoms. The van der Waals surface area contributed by atoms with Crippen LogP contribution in [0.15, 0.2) is 24.3 Å². The van der Waals surface area contributed by atoms with Crippen molar-refractivity contribution in [3.8, 4) is 0 Å². The Kier molecular flexibility index (Phi) is 5.34. The van der Waals surface area contributed by atoms with Gasteiger partial charge < -0.3 is 15.7 Å². The number of benzene rings is 1. The SMILES string of the molecule is Cc1ccc(NC(=O)NCC(F)(F)F)cc1/C=C/C(=O)O. The topological polar surface area (TPSA) is 78.4 Å². The molecular formula is C13H13F3N2O3. The second-order valence-corrected chi connectivity index (χ2v) is 4.17. The number of hydrogen-bond acceptors (Lipinski definition) is 2. The number of hydrogen-bond donors (Lipinski definition) is 3. The lowest BCUT2D eigenvalue weighted by molar-refractivity contribution is -0.131. The molecule has 2 amide bonds. The highest BCUT2D eigenvalue weighted by molar-refractivity contribution is 5.90. The van der Waals surface area contributed by atoms with E-state index in [0.717, 1.165) is 11.6 Å². The first-order valence-corrected chi connectivity index (χ1v) is 5.80. The second kappa shape index (κ2) is 6.78. The first-order chi connectivity index (χ1) is 9.67. The molecule has 114 valence electrons. The number of aryl methyl sites for hydroxylation is 1. The zero-order chi connectivity index (χ0) is 16.0. The Morgan fingerprint density at radius 2 is 2.00 bits per heavy atom. The number of halogens is 3. The van der Waals surface area contributed by atoms with Crippen molar-refractivity contribution in [3.05, 3.63) is 35.4 Å². The van der Waals surface area contributed by atoms with Crippen LogP contribution in [0.3, 0.4) is 0 Å². The summed E-state index contributed by atoms with van der Waals surface area (Å²) in [6.45, 7) is 0.297. The smallest absolute Gasteiger partial charge is 0.405 e. The monoisotopic (exact) mass is 302 g/mol. The number of urea groups is 1. The molecule has 0 aliphatic rings. The van der Waals surface area contributed by atoms with Crippen LogP contribution in [0.5, 0.6) is 0 Å². The molecule has 0 aliphatic carbocycles. The zero-order valence-electron chi connectivity index (χ0n) is 11.0. The summed E-state index contributed by atoms with van der Waals surface area (Å²) in [5.41, 5.74) is 1.55. The van der Waals surface area contributed by atoms with Crippen LogP contribution in [-0.4, -0.2) is 29.8 Å². The Labute approximate surface area is 118 Å². The van der Waals surface area contributed by atoms with Crippen molar-refractivity contribution in [3.63, 3.8) is 0 Å². The quantitative estimate of drug-likeness (QED) is 0.748. The minimum atomic E-state index is -4.49. The van der Waals surface area contributed by atoms with E-state index >= 15 is 0 Å². The van der Waals surface area contributed by atoms with Gasteiger partial charge in [-0.3, -0.25) is 0 Å². The number of carbonyl (C=O) groups is 2. The second-order valence-electron chi connectivity index (χ2n) is 4.17. The largest absolute Gasteiger partial charge is 0.478 e. The molecule has 0 spiro atoms. The van der Waals surface area contributed by atoms with E-state index in [1.54, 1.807) is 18.3 Å². The summed E-state index contributed by atoms with van der Waals surface area (Å²) in [5.74, 6) is -1.13. The van der Waals surface area contributed by atoms with Crippen molar-refractivity contribution in [2.45, 2.75) is 13.1 Å². The standard InChI is InChI=1S/C13H13F3N2O3/c1-8-2-4-10(6-9(8)3-5-11(19)20)18-12(21)17-7-13(14,15)16/h2-6H,7H2,1H3,(H,19,20)(H2,17,18,21)/b5-3+. The number of rotatable bonds is 4. The van der Waals surface area contributed by atoms with Crippen molar-refractivity contribution in [1.29, 1.82) is 0 Å². The van der Waals surface area contributed by atoms with Crippen LogP contribution >= 0.6 is 0 Å². The molecule has 1 aromatic carbocycles. The van der Waals surface area contributed by atoms with Gasteiger partial charge in [-0.2, -0.15) is 13.2 Å². The molecule has 0 atom stereocenters. The Morgan fingerprint density at radius 1 is 1.33 bits per heavy atom. The lowest BCUT2D eigenvalue weighted by Crippen LogP contribution is -2.36. The Morgan fingerprint density at radius 3 is 2.57 bits per heavy atom. The summed E-state index contributed by atoms with van der Waals surface area (Å²) in [6.07, 6.45) is -2.23. The number of carbonyl (C=O) groups excluding carboxylic acids is 1. The van der Waals surface area contributed by atoms with E-state index in [9.17, 15) is 22.8 Å². The molecule has 0 heterocycles. The van der Waals surface area contributed by atoms with Crippen molar-refractivity contribution in [2.24, 2.45) is 0 Å². The van der Waals surface area contributed by atoms with Gasteiger partial charge in [0.2, 0.25) is 0 Å². The first-order valence-electron chi connectivity index (χ1n) is 5.80. The van der Waals surface area contributed by atoms with Crippen LogP contribution in [0.4, 0.5) is 23.7 Å². The van der Waals surface area contributed by atoms with E-state index in [2.05, 4.69) is 5.32 Å². The summed E-state index contributed by atoms with van der Waals surface area (Å²) in [4.78, 5) is 21.7. The highest BCUT2D eigenvalue weighted by atomic mass is 19.4. The predicted molar refractivity (Wildman–Crippen MR) is 70.9 cm³/mol. The molecule has 0 unspecified atom stereocenters. The lowest BCUT2D eigenvalue weighted by Gasteiger charge is -2.11. The number of alkyl halides is 3. The van der Waals surface area contributed by atoms with E-state index in [0.29, 0.717) is 5.56 Å². The Bertz CT molecular complexity index is 568. The molecule has 1 aromatic rings. The fraction of sp³-hybridized carbons (Fsp3) is 0.231. The molecule has 3 N–H and O–H groups in total. The Balaban J connectivity index is 2.74. The summed E-state index contributed by atoms with van der Waals surface area (Å²) < 4.78 is 35.8. The van der Waals surface area contributed by atoms with E-state index in [1.807, 2.05) is 0 Å². The van der Waals surface area contributed by atoms with Gasteiger partial charge >= 0.3 is 18.2 Å². The molecule has 0 saturated carbocycles. The number of carboxylic acids is 1. The van der Waals surface area contributed by atoms with Crippen molar-refractivity contribution < 1.29 is 27.9 Å². The summed E-state index contributed by atoms with van der Waals surface area (Å²) in [6, 6.07) is 3.58. The van der Waals surface area contributed by atoms with Gasteiger partial charge in [-0.1, -0.05) is 6.07 Å². The number of amides is 2. The van der Waals surface area contributed by atoms with Crippen molar-refractivity contribution >= 4 is 23.8 Å². The summed E-state index contributed by atoms with van der Waals surface area (Å²) in [5, 5.41) is 12.5. The van der Waals surface area contributed by atoms with E-state index < -0.39 is 24.7 Å². The van der Waals surface area contributed by atoms with Gasteiger partial charge in [-0.25, -0.2) is 9.59 Å². The van der Waals surface area contributed by atoms with Gasteiger partial charge in [0.1, 0.15) is 6.54 Å². The van der Waals surface area contributed by atoms with Crippen LogP contribution in [0.25, 0.3) is 6.08 Å². The van der Waals surface area contributed by atoms with Gasteiger partial charge in [-0.05, 0) is 36.3 Å². The highest BCUT2D eigenvalue weighted by Gasteiger charge is 2.27. The van der Waals surface area contributed by atoms with Gasteiger partial charge in [0.15, 0.2) is 0 Å². The van der Waals surface area contributed by atoms with Gasteiger partial charge in [-0.15, -0.1) is 0 Å². The zero-order valence-corrected chi connectivity index (χ0v) is 11.0. The molecule has 0 saturated heterocycles. The number of anilines is 1. The van der Waals surface area contributed by atoms with Gasteiger partial charge in [0.05, 0.1) is 0 Å². The average Bonchev–Trinajstić information content (AvgIpc) is 2.36. The van der Waals surface area contributed by atoms with Crippen LogP contribution in [0.1, 0.15) is 11.1 Å². The summed E-state index contributed by atoms with van der Waals surface area (Å²) >= 11 is 0. The average molecular weight is 302 g/mol. The minimum Gasteiger partial charge on any atom is -0.478 e. The molecule has 0 bridgehead atoms. The van der Waals surface area contributed by atoms with Gasteiger partial charge in [0, 0.05) is 11.8 Å².